The Labute approximate surface area is 236 Å². The van der Waals surface area contributed by atoms with Crippen molar-refractivity contribution in [2.75, 3.05) is 6.61 Å². The van der Waals surface area contributed by atoms with E-state index in [2.05, 4.69) is 19.1 Å². The minimum absolute atomic E-state index is 0.00724. The third-order valence-corrected chi connectivity index (χ3v) is 7.56. The maximum Gasteiger partial charge on any atom is 0.307 e. The molecule has 0 aromatic heterocycles. The van der Waals surface area contributed by atoms with Gasteiger partial charge < -0.3 is 9.84 Å². The summed E-state index contributed by atoms with van der Waals surface area (Å²) in [6.07, 6.45) is 36.6. The van der Waals surface area contributed by atoms with Gasteiger partial charge in [0.2, 0.25) is 0 Å². The first-order chi connectivity index (χ1) is 18.6. The quantitative estimate of drug-likeness (QED) is 0.0563. The summed E-state index contributed by atoms with van der Waals surface area (Å²) in [6, 6.07) is 0. The predicted octanol–water partition coefficient (Wildman–Crippen LogP) is 11.0. The van der Waals surface area contributed by atoms with E-state index in [0.29, 0.717) is 13.0 Å². The van der Waals surface area contributed by atoms with E-state index in [9.17, 15) is 14.7 Å². The Morgan fingerprint density at radius 1 is 0.605 bits per heavy atom. The van der Waals surface area contributed by atoms with Gasteiger partial charge in [0.1, 0.15) is 0 Å². The Balaban J connectivity index is 3.29. The summed E-state index contributed by atoms with van der Waals surface area (Å²) in [4.78, 5) is 23.0. The van der Waals surface area contributed by atoms with Crippen LogP contribution in [0.5, 0.6) is 0 Å². The van der Waals surface area contributed by atoms with E-state index < -0.39 is 11.9 Å². The van der Waals surface area contributed by atoms with Gasteiger partial charge in [0.05, 0.1) is 18.9 Å². The Hall–Kier alpha value is -1.32. The molecule has 0 aromatic carbocycles. The summed E-state index contributed by atoms with van der Waals surface area (Å²) < 4.78 is 5.03. The van der Waals surface area contributed by atoms with Gasteiger partial charge in [-0.3, -0.25) is 9.59 Å². The normalized spacial score (nSPS) is 12.3. The van der Waals surface area contributed by atoms with E-state index in [-0.39, 0.29) is 12.4 Å². The average molecular weight is 537 g/mol. The molecule has 0 aromatic rings. The maximum absolute atomic E-state index is 11.7. The molecule has 0 heterocycles. The van der Waals surface area contributed by atoms with Gasteiger partial charge in [0.25, 0.3) is 0 Å². The molecule has 0 aliphatic heterocycles. The highest BCUT2D eigenvalue weighted by molar-refractivity contribution is 5.78. The Morgan fingerprint density at radius 3 is 1.37 bits per heavy atom. The number of ether oxygens (including phenoxy) is 1. The molecule has 0 spiro atoms. The Morgan fingerprint density at radius 2 is 1.00 bits per heavy atom. The fourth-order valence-electron chi connectivity index (χ4n) is 5.09. The summed E-state index contributed by atoms with van der Waals surface area (Å²) in [6.45, 7) is 4.52. The second-order valence-electron chi connectivity index (χ2n) is 11.3. The molecule has 1 atom stereocenters. The first kappa shape index (κ1) is 36.7. The van der Waals surface area contributed by atoms with Gasteiger partial charge in [0, 0.05) is 0 Å². The lowest BCUT2D eigenvalue weighted by molar-refractivity contribution is -0.151. The van der Waals surface area contributed by atoms with E-state index in [1.807, 2.05) is 6.92 Å². The third-order valence-electron chi connectivity index (χ3n) is 7.56. The van der Waals surface area contributed by atoms with Crippen molar-refractivity contribution in [2.45, 2.75) is 181 Å². The minimum Gasteiger partial charge on any atom is -0.481 e. The van der Waals surface area contributed by atoms with Crippen LogP contribution >= 0.6 is 0 Å². The number of hydrogen-bond acceptors (Lipinski definition) is 3. The highest BCUT2D eigenvalue weighted by atomic mass is 16.5. The van der Waals surface area contributed by atoms with E-state index >= 15 is 0 Å². The fourth-order valence-corrected chi connectivity index (χ4v) is 5.09. The molecule has 1 unspecified atom stereocenters. The zero-order valence-corrected chi connectivity index (χ0v) is 25.5. The molecule has 0 amide bonds. The molecule has 4 heteroatoms. The van der Waals surface area contributed by atoms with Crippen LogP contribution in [0.4, 0.5) is 0 Å². The van der Waals surface area contributed by atoms with E-state index in [1.54, 1.807) is 0 Å². The lowest BCUT2D eigenvalue weighted by Crippen LogP contribution is -2.19. The van der Waals surface area contributed by atoms with Crippen LogP contribution in [-0.2, 0) is 14.3 Å². The Bertz CT molecular complexity index is 543. The van der Waals surface area contributed by atoms with Crippen LogP contribution < -0.4 is 0 Å². The van der Waals surface area contributed by atoms with Crippen LogP contribution in [0.1, 0.15) is 181 Å². The van der Waals surface area contributed by atoms with Crippen molar-refractivity contribution < 1.29 is 19.4 Å². The summed E-state index contributed by atoms with van der Waals surface area (Å²) in [7, 11) is 0. The first-order valence-corrected chi connectivity index (χ1v) is 16.6. The zero-order chi connectivity index (χ0) is 27.9. The molecular formula is C34H64O4. The van der Waals surface area contributed by atoms with Crippen LogP contribution in [0.3, 0.4) is 0 Å². The topological polar surface area (TPSA) is 63.6 Å². The van der Waals surface area contributed by atoms with Gasteiger partial charge >= 0.3 is 11.9 Å². The average Bonchev–Trinajstić information content (AvgIpc) is 2.91. The van der Waals surface area contributed by atoms with Crippen molar-refractivity contribution in [2.24, 2.45) is 5.92 Å². The standard InChI is InChI=1S/C34H64O4/c1-3-5-6-7-8-9-10-11-12-13-14-15-16-17-18-19-20-21-22-23-24-25-26-27-28-29-32(34(36)37)31-33(35)38-30-4-2/h5-6,32H,3-4,7-31H2,1-2H3,(H,36,37)/b6-5+. The van der Waals surface area contributed by atoms with E-state index in [1.165, 1.54) is 135 Å². The van der Waals surface area contributed by atoms with Gasteiger partial charge in [-0.15, -0.1) is 0 Å². The first-order valence-electron chi connectivity index (χ1n) is 16.6. The molecule has 38 heavy (non-hydrogen) atoms. The molecule has 0 fully saturated rings. The van der Waals surface area contributed by atoms with Gasteiger partial charge in [-0.1, -0.05) is 154 Å². The fraction of sp³-hybridized carbons (Fsp3) is 0.882. The van der Waals surface area contributed by atoms with Crippen molar-refractivity contribution in [3.8, 4) is 0 Å². The summed E-state index contributed by atoms with van der Waals surface area (Å²) >= 11 is 0. The molecule has 0 saturated heterocycles. The lowest BCUT2D eigenvalue weighted by atomic mass is 9.97. The number of carboxylic acids is 1. The number of rotatable bonds is 30. The van der Waals surface area contributed by atoms with Gasteiger partial charge in [-0.25, -0.2) is 0 Å². The molecular weight excluding hydrogens is 472 g/mol. The Kier molecular flexibility index (Phi) is 29.2. The van der Waals surface area contributed by atoms with Crippen molar-refractivity contribution in [3.05, 3.63) is 12.2 Å². The highest BCUT2D eigenvalue weighted by Crippen LogP contribution is 2.18. The SMILES string of the molecule is CC/C=C/CCCCCCCCCCCCCCCCCCCCCCCC(CC(=O)OCCC)C(=O)O. The van der Waals surface area contributed by atoms with Crippen LogP contribution in [0.25, 0.3) is 0 Å². The molecule has 0 bridgehead atoms. The molecule has 224 valence electrons. The monoisotopic (exact) mass is 536 g/mol. The number of carbonyl (C=O) groups excluding carboxylic acids is 1. The number of carboxylic acid groups (broad SMARTS) is 1. The van der Waals surface area contributed by atoms with Crippen LogP contribution in [0, 0.1) is 5.92 Å². The molecule has 0 rings (SSSR count). The largest absolute Gasteiger partial charge is 0.481 e. The van der Waals surface area contributed by atoms with Crippen LogP contribution in [0.15, 0.2) is 12.2 Å². The number of hydrogen-bond donors (Lipinski definition) is 1. The van der Waals surface area contributed by atoms with Crippen LogP contribution in [0.2, 0.25) is 0 Å². The summed E-state index contributed by atoms with van der Waals surface area (Å²) in [5, 5.41) is 9.33. The highest BCUT2D eigenvalue weighted by Gasteiger charge is 2.21. The number of esters is 1. The molecule has 0 aliphatic carbocycles. The zero-order valence-electron chi connectivity index (χ0n) is 25.5. The number of aliphatic carboxylic acids is 1. The van der Waals surface area contributed by atoms with E-state index in [0.717, 1.165) is 19.3 Å². The van der Waals surface area contributed by atoms with Crippen molar-refractivity contribution in [1.82, 2.24) is 0 Å². The van der Waals surface area contributed by atoms with Gasteiger partial charge in [-0.2, -0.15) is 0 Å². The lowest BCUT2D eigenvalue weighted by Gasteiger charge is -2.11. The summed E-state index contributed by atoms with van der Waals surface area (Å²) in [5.74, 6) is -1.85. The summed E-state index contributed by atoms with van der Waals surface area (Å²) in [5.41, 5.74) is 0. The minimum atomic E-state index is -0.874. The molecule has 0 radical (unpaired) electrons. The van der Waals surface area contributed by atoms with E-state index in [4.69, 9.17) is 4.74 Å². The molecule has 0 saturated carbocycles. The van der Waals surface area contributed by atoms with Crippen molar-refractivity contribution in [1.29, 1.82) is 0 Å². The number of unbranched alkanes of at least 4 members (excludes halogenated alkanes) is 21. The van der Waals surface area contributed by atoms with Gasteiger partial charge in [-0.05, 0) is 32.1 Å². The number of allylic oxidation sites excluding steroid dienone is 2. The smallest absolute Gasteiger partial charge is 0.307 e. The third kappa shape index (κ3) is 27.7. The van der Waals surface area contributed by atoms with Gasteiger partial charge in [0.15, 0.2) is 0 Å². The van der Waals surface area contributed by atoms with Crippen LogP contribution in [-0.4, -0.2) is 23.7 Å². The second kappa shape index (κ2) is 30.2. The van der Waals surface area contributed by atoms with Crippen molar-refractivity contribution in [3.63, 3.8) is 0 Å². The molecule has 0 aliphatic rings. The maximum atomic E-state index is 11.7. The predicted molar refractivity (Wildman–Crippen MR) is 163 cm³/mol. The molecule has 4 nitrogen and oxygen atoms in total. The number of carbonyl (C=O) groups is 2. The second-order valence-corrected chi connectivity index (χ2v) is 11.3. The van der Waals surface area contributed by atoms with Crippen molar-refractivity contribution >= 4 is 11.9 Å². The molecule has 1 N–H and O–H groups in total.